The summed E-state index contributed by atoms with van der Waals surface area (Å²) < 4.78 is 25.8. The summed E-state index contributed by atoms with van der Waals surface area (Å²) in [6.45, 7) is 0.798. The molecule has 1 heterocycles. The molecule has 0 bridgehead atoms. The summed E-state index contributed by atoms with van der Waals surface area (Å²) in [5.74, 6) is -0.634. The lowest BCUT2D eigenvalue weighted by atomic mass is 10.1. The Labute approximate surface area is 103 Å². The van der Waals surface area contributed by atoms with Crippen LogP contribution in [0.5, 0.6) is 0 Å². The highest BCUT2D eigenvalue weighted by molar-refractivity contribution is 7.86. The Bertz CT molecular complexity index is 681. The van der Waals surface area contributed by atoms with Crippen LogP contribution in [0, 0.1) is 18.3 Å². The smallest absolute Gasteiger partial charge is 0.266 e. The second-order valence-electron chi connectivity index (χ2n) is 3.55. The van der Waals surface area contributed by atoms with Gasteiger partial charge in [0.25, 0.3) is 15.7 Å². The number of Topliss-reactive ketones (excluding diaryl/α,β-unsaturated/α-hetero) is 1. The number of rotatable bonds is 4. The molecule has 8 heteroatoms. The molecule has 96 valence electrons. The maximum Gasteiger partial charge on any atom is 0.266 e. The third-order valence-corrected chi connectivity index (χ3v) is 2.61. The number of hydrogen-bond donors (Lipinski definition) is 1. The highest BCUT2D eigenvalue weighted by Gasteiger charge is 2.15. The van der Waals surface area contributed by atoms with Crippen LogP contribution in [0.4, 0.5) is 0 Å². The number of nitriles is 1. The lowest BCUT2D eigenvalue weighted by Crippen LogP contribution is -2.19. The van der Waals surface area contributed by atoms with E-state index in [-0.39, 0.29) is 16.8 Å². The number of aromatic nitrogens is 1. The predicted molar refractivity (Wildman–Crippen MR) is 61.6 cm³/mol. The number of ketones is 1. The largest absolute Gasteiger partial charge is 0.325 e. The fraction of sp³-hybridized carbons (Fsp3) is 0.300. The van der Waals surface area contributed by atoms with Gasteiger partial charge in [-0.2, -0.15) is 13.7 Å². The second kappa shape index (κ2) is 5.12. The molecule has 0 saturated carbocycles. The molecule has 0 spiro atoms. The van der Waals surface area contributed by atoms with Crippen molar-refractivity contribution in [2.24, 2.45) is 0 Å². The van der Waals surface area contributed by atoms with E-state index >= 15 is 0 Å². The van der Waals surface area contributed by atoms with Crippen molar-refractivity contribution in [1.82, 2.24) is 4.98 Å². The van der Waals surface area contributed by atoms with Crippen LogP contribution < -0.4 is 5.56 Å². The molecular weight excluding hydrogens is 260 g/mol. The minimum Gasteiger partial charge on any atom is -0.325 e. The first-order valence-corrected chi connectivity index (χ1v) is 6.58. The Morgan fingerprint density at radius 1 is 1.56 bits per heavy atom. The fourth-order valence-corrected chi connectivity index (χ4v) is 1.56. The summed E-state index contributed by atoms with van der Waals surface area (Å²) in [4.78, 5) is 25.2. The van der Waals surface area contributed by atoms with Gasteiger partial charge in [0.1, 0.15) is 18.2 Å². The van der Waals surface area contributed by atoms with Crippen LogP contribution in [0.25, 0.3) is 0 Å². The molecule has 7 nitrogen and oxygen atoms in total. The number of pyridine rings is 1. The van der Waals surface area contributed by atoms with Gasteiger partial charge in [-0.1, -0.05) is 0 Å². The van der Waals surface area contributed by atoms with Crippen molar-refractivity contribution in [2.45, 2.75) is 6.92 Å². The van der Waals surface area contributed by atoms with Gasteiger partial charge >= 0.3 is 0 Å². The summed E-state index contributed by atoms with van der Waals surface area (Å²) in [7, 11) is -3.72. The van der Waals surface area contributed by atoms with Crippen molar-refractivity contribution in [2.75, 3.05) is 12.9 Å². The fourth-order valence-electron chi connectivity index (χ4n) is 1.23. The average Bonchev–Trinajstić information content (AvgIpc) is 2.25. The average molecular weight is 270 g/mol. The Hall–Kier alpha value is -1.98. The molecule has 0 atom stereocenters. The van der Waals surface area contributed by atoms with E-state index in [1.54, 1.807) is 6.07 Å². The number of hydrogen-bond acceptors (Lipinski definition) is 6. The molecule has 0 aliphatic carbocycles. The molecule has 0 fully saturated rings. The van der Waals surface area contributed by atoms with E-state index in [1.165, 1.54) is 6.92 Å². The predicted octanol–water partition coefficient (Wildman–Crippen LogP) is -0.286. The monoisotopic (exact) mass is 270 g/mol. The Morgan fingerprint density at radius 2 is 2.17 bits per heavy atom. The second-order valence-corrected chi connectivity index (χ2v) is 5.20. The van der Waals surface area contributed by atoms with Crippen LogP contribution in [0.3, 0.4) is 0 Å². The zero-order valence-electron chi connectivity index (χ0n) is 9.68. The Morgan fingerprint density at radius 3 is 2.67 bits per heavy atom. The molecule has 18 heavy (non-hydrogen) atoms. The molecule has 0 aliphatic heterocycles. The molecule has 0 aliphatic rings. The number of aryl methyl sites for hydroxylation is 1. The normalized spacial score (nSPS) is 10.9. The van der Waals surface area contributed by atoms with Gasteiger partial charge in [-0.25, -0.2) is 0 Å². The molecule has 0 unspecified atom stereocenters. The topological polar surface area (TPSA) is 117 Å². The number of H-pyrrole nitrogens is 1. The Balaban J connectivity index is 3.07. The van der Waals surface area contributed by atoms with Gasteiger partial charge < -0.3 is 4.98 Å². The van der Waals surface area contributed by atoms with Gasteiger partial charge in [-0.05, 0) is 13.0 Å². The summed E-state index contributed by atoms with van der Waals surface area (Å²) in [6.07, 6.45) is 0.820. The molecule has 1 aromatic rings. The number of carbonyl (C=O) groups is 1. The maximum absolute atomic E-state index is 11.7. The van der Waals surface area contributed by atoms with Crippen LogP contribution in [-0.2, 0) is 14.3 Å². The van der Waals surface area contributed by atoms with E-state index in [2.05, 4.69) is 9.17 Å². The van der Waals surface area contributed by atoms with E-state index in [4.69, 9.17) is 5.26 Å². The maximum atomic E-state index is 11.7. The first-order valence-electron chi connectivity index (χ1n) is 4.76. The van der Waals surface area contributed by atoms with Crippen molar-refractivity contribution in [3.8, 4) is 6.07 Å². The third kappa shape index (κ3) is 3.51. The van der Waals surface area contributed by atoms with Gasteiger partial charge in [-0.15, -0.1) is 0 Å². The van der Waals surface area contributed by atoms with Crippen molar-refractivity contribution in [1.29, 1.82) is 5.26 Å². The number of nitrogens with one attached hydrogen (secondary N) is 1. The van der Waals surface area contributed by atoms with E-state index in [1.807, 2.05) is 0 Å². The molecule has 0 saturated heterocycles. The van der Waals surface area contributed by atoms with Crippen molar-refractivity contribution in [3.63, 3.8) is 0 Å². The van der Waals surface area contributed by atoms with Gasteiger partial charge in [-0.3, -0.25) is 13.8 Å². The van der Waals surface area contributed by atoms with Crippen LogP contribution in [0.15, 0.2) is 10.9 Å². The van der Waals surface area contributed by atoms with Crippen molar-refractivity contribution in [3.05, 3.63) is 33.2 Å². The first kappa shape index (κ1) is 14.1. The van der Waals surface area contributed by atoms with Crippen molar-refractivity contribution < 1.29 is 17.4 Å². The zero-order valence-corrected chi connectivity index (χ0v) is 10.5. The molecule has 0 aromatic carbocycles. The van der Waals surface area contributed by atoms with Gasteiger partial charge in [0.15, 0.2) is 5.78 Å². The summed E-state index contributed by atoms with van der Waals surface area (Å²) in [6, 6.07) is 2.75. The van der Waals surface area contributed by atoms with Crippen LogP contribution in [0.2, 0.25) is 0 Å². The van der Waals surface area contributed by atoms with Gasteiger partial charge in [0.05, 0.1) is 6.26 Å². The van der Waals surface area contributed by atoms with Gasteiger partial charge in [0.2, 0.25) is 0 Å². The molecule has 1 aromatic heterocycles. The van der Waals surface area contributed by atoms with Crippen molar-refractivity contribution >= 4 is 15.9 Å². The van der Waals surface area contributed by atoms with E-state index < -0.39 is 28.1 Å². The zero-order chi connectivity index (χ0) is 13.9. The van der Waals surface area contributed by atoms with E-state index in [0.717, 1.165) is 12.3 Å². The highest BCUT2D eigenvalue weighted by Crippen LogP contribution is 2.06. The molecular formula is C10H10N2O5S. The summed E-state index contributed by atoms with van der Waals surface area (Å²) in [5.41, 5.74) is -0.519. The van der Waals surface area contributed by atoms with Crippen LogP contribution in [0.1, 0.15) is 21.6 Å². The molecule has 1 rings (SSSR count). The third-order valence-electron chi connectivity index (χ3n) is 2.06. The molecule has 0 amide bonds. The van der Waals surface area contributed by atoms with Gasteiger partial charge in [0, 0.05) is 11.3 Å². The Kier molecular flexibility index (Phi) is 4.00. The van der Waals surface area contributed by atoms with E-state index in [0.29, 0.717) is 0 Å². The number of aromatic amines is 1. The number of carbonyl (C=O) groups excluding carboxylic acids is 1. The molecule has 1 N–H and O–H groups in total. The summed E-state index contributed by atoms with van der Waals surface area (Å²) >= 11 is 0. The minimum absolute atomic E-state index is 0.0507. The van der Waals surface area contributed by atoms with Crippen LogP contribution in [-0.4, -0.2) is 32.0 Å². The lowest BCUT2D eigenvalue weighted by Gasteiger charge is -2.05. The quantitative estimate of drug-likeness (QED) is 0.593. The van der Waals surface area contributed by atoms with Crippen LogP contribution >= 0.6 is 0 Å². The highest BCUT2D eigenvalue weighted by atomic mass is 32.2. The SMILES string of the molecule is Cc1[nH]c(=O)c(C#N)cc1C(=O)COS(C)(=O)=O. The molecule has 0 radical (unpaired) electrons. The number of nitrogens with zero attached hydrogens (tertiary/aromatic N) is 1. The standard InChI is InChI=1S/C10H10N2O5S/c1-6-8(3-7(4-11)10(14)12-6)9(13)5-17-18(2,15)16/h3H,5H2,1-2H3,(H,12,14). The van der Waals surface area contributed by atoms with E-state index in [9.17, 15) is 18.0 Å². The lowest BCUT2D eigenvalue weighted by molar-refractivity contribution is 0.0924. The first-order chi connectivity index (χ1) is 8.24. The minimum atomic E-state index is -3.72. The summed E-state index contributed by atoms with van der Waals surface area (Å²) in [5, 5.41) is 8.67.